The van der Waals surface area contributed by atoms with Crippen LogP contribution in [0.2, 0.25) is 0 Å². The molecule has 0 saturated carbocycles. The van der Waals surface area contributed by atoms with Crippen LogP contribution in [0.3, 0.4) is 0 Å². The highest BCUT2D eigenvalue weighted by Gasteiger charge is 2.06. The summed E-state index contributed by atoms with van der Waals surface area (Å²) in [5, 5.41) is 19.0. The fraction of sp³-hybridized carbons (Fsp3) is 0.636. The van der Waals surface area contributed by atoms with E-state index in [0.717, 1.165) is 0 Å². The summed E-state index contributed by atoms with van der Waals surface area (Å²) in [6.07, 6.45) is 2.41. The molecule has 0 aliphatic carbocycles. The van der Waals surface area contributed by atoms with Crippen LogP contribution in [0, 0.1) is 0 Å². The maximum Gasteiger partial charge on any atom is 0.328 e. The van der Waals surface area contributed by atoms with Crippen molar-refractivity contribution >= 4 is 11.9 Å². The van der Waals surface area contributed by atoms with Crippen molar-refractivity contribution in [2.45, 2.75) is 13.3 Å². The first-order valence-electron chi connectivity index (χ1n) is 5.63. The van der Waals surface area contributed by atoms with Gasteiger partial charge in [-0.3, -0.25) is 0 Å². The molecule has 0 unspecified atom stereocenters. The van der Waals surface area contributed by atoms with E-state index < -0.39 is 11.9 Å². The van der Waals surface area contributed by atoms with E-state index in [1.54, 1.807) is 0 Å². The molecule has 6 nitrogen and oxygen atoms in total. The summed E-state index contributed by atoms with van der Waals surface area (Å²) in [6, 6.07) is 0. The molecule has 0 atom stereocenters. The maximum absolute atomic E-state index is 9.55. The second-order valence-electron chi connectivity index (χ2n) is 3.60. The molecule has 1 aliphatic rings. The number of piperazine rings is 1. The summed E-state index contributed by atoms with van der Waals surface area (Å²) in [7, 11) is 0. The van der Waals surface area contributed by atoms with Crippen LogP contribution in [0.25, 0.3) is 0 Å². The number of nitrogens with zero attached hydrogens (tertiary/aromatic N) is 1. The van der Waals surface area contributed by atoms with E-state index in [4.69, 9.17) is 10.2 Å². The molecule has 6 heteroatoms. The van der Waals surface area contributed by atoms with Crippen LogP contribution in [-0.4, -0.2) is 59.8 Å². The minimum absolute atomic E-state index is 0.558. The normalized spacial score (nSPS) is 16.3. The van der Waals surface area contributed by atoms with Crippen molar-refractivity contribution in [2.24, 2.45) is 0 Å². The molecule has 0 aromatic carbocycles. The number of carbonyl (C=O) groups is 2. The second-order valence-corrected chi connectivity index (χ2v) is 3.60. The Hall–Kier alpha value is -1.40. The van der Waals surface area contributed by atoms with E-state index >= 15 is 0 Å². The fourth-order valence-corrected chi connectivity index (χ4v) is 1.39. The van der Waals surface area contributed by atoms with E-state index in [9.17, 15) is 9.59 Å². The summed E-state index contributed by atoms with van der Waals surface area (Å²) < 4.78 is 0. The number of carboxylic acids is 2. The van der Waals surface area contributed by atoms with Gasteiger partial charge in [0.25, 0.3) is 0 Å². The van der Waals surface area contributed by atoms with E-state index in [-0.39, 0.29) is 0 Å². The highest BCUT2D eigenvalue weighted by Crippen LogP contribution is 1.92. The SMILES string of the molecule is CCCN1CCNCC1.O=C(O)/C=C/C(=O)O. The Labute approximate surface area is 101 Å². The molecule has 3 N–H and O–H groups in total. The third-order valence-corrected chi connectivity index (χ3v) is 2.12. The van der Waals surface area contributed by atoms with Gasteiger partial charge in [0.05, 0.1) is 0 Å². The summed E-state index contributed by atoms with van der Waals surface area (Å²) >= 11 is 0. The third-order valence-electron chi connectivity index (χ3n) is 2.12. The van der Waals surface area contributed by atoms with Gasteiger partial charge in [-0.15, -0.1) is 0 Å². The van der Waals surface area contributed by atoms with Crippen molar-refractivity contribution in [1.29, 1.82) is 0 Å². The average molecular weight is 244 g/mol. The predicted molar refractivity (Wildman–Crippen MR) is 64.0 cm³/mol. The smallest absolute Gasteiger partial charge is 0.328 e. The van der Waals surface area contributed by atoms with Crippen LogP contribution in [0.5, 0.6) is 0 Å². The molecule has 17 heavy (non-hydrogen) atoms. The highest BCUT2D eigenvalue weighted by molar-refractivity contribution is 5.89. The molecule has 98 valence electrons. The Morgan fingerprint density at radius 2 is 1.65 bits per heavy atom. The van der Waals surface area contributed by atoms with Crippen LogP contribution in [0.15, 0.2) is 12.2 Å². The average Bonchev–Trinajstić information content (AvgIpc) is 2.29. The second kappa shape index (κ2) is 9.80. The van der Waals surface area contributed by atoms with Crippen LogP contribution in [0.4, 0.5) is 0 Å². The summed E-state index contributed by atoms with van der Waals surface area (Å²) in [5.41, 5.74) is 0. The lowest BCUT2D eigenvalue weighted by atomic mass is 10.3. The maximum atomic E-state index is 9.55. The first kappa shape index (κ1) is 15.6. The molecule has 0 bridgehead atoms. The minimum Gasteiger partial charge on any atom is -0.478 e. The van der Waals surface area contributed by atoms with Crippen molar-refractivity contribution in [3.8, 4) is 0 Å². The molecule has 0 amide bonds. The van der Waals surface area contributed by atoms with Gasteiger partial charge >= 0.3 is 11.9 Å². The quantitative estimate of drug-likeness (QED) is 0.604. The van der Waals surface area contributed by atoms with Gasteiger partial charge in [-0.2, -0.15) is 0 Å². The molecular formula is C11H20N2O4. The van der Waals surface area contributed by atoms with Crippen molar-refractivity contribution < 1.29 is 19.8 Å². The number of aliphatic carboxylic acids is 2. The first-order chi connectivity index (χ1) is 8.06. The van der Waals surface area contributed by atoms with Crippen LogP contribution >= 0.6 is 0 Å². The van der Waals surface area contributed by atoms with Gasteiger partial charge in [0.2, 0.25) is 0 Å². The van der Waals surface area contributed by atoms with Gasteiger partial charge in [-0.05, 0) is 13.0 Å². The van der Waals surface area contributed by atoms with Gasteiger partial charge in [0, 0.05) is 38.3 Å². The highest BCUT2D eigenvalue weighted by atomic mass is 16.4. The molecule has 1 fully saturated rings. The van der Waals surface area contributed by atoms with E-state index in [1.807, 2.05) is 0 Å². The van der Waals surface area contributed by atoms with Crippen LogP contribution in [-0.2, 0) is 9.59 Å². The number of rotatable bonds is 4. The topological polar surface area (TPSA) is 89.9 Å². The van der Waals surface area contributed by atoms with Gasteiger partial charge in [0.1, 0.15) is 0 Å². The molecule has 0 aromatic heterocycles. The Bertz CT molecular complexity index is 241. The molecular weight excluding hydrogens is 224 g/mol. The molecule has 0 radical (unpaired) electrons. The van der Waals surface area contributed by atoms with Gasteiger partial charge in [-0.25, -0.2) is 9.59 Å². The molecule has 0 spiro atoms. The van der Waals surface area contributed by atoms with E-state index in [2.05, 4.69) is 17.1 Å². The lowest BCUT2D eigenvalue weighted by molar-refractivity contribution is -0.134. The zero-order chi connectivity index (χ0) is 13.1. The minimum atomic E-state index is -1.26. The van der Waals surface area contributed by atoms with Gasteiger partial charge < -0.3 is 20.4 Å². The Morgan fingerprint density at radius 3 is 2.00 bits per heavy atom. The van der Waals surface area contributed by atoms with E-state index in [0.29, 0.717) is 12.2 Å². The van der Waals surface area contributed by atoms with Gasteiger partial charge in [-0.1, -0.05) is 6.92 Å². The van der Waals surface area contributed by atoms with Crippen molar-refractivity contribution in [2.75, 3.05) is 32.7 Å². The van der Waals surface area contributed by atoms with Crippen molar-refractivity contribution in [3.63, 3.8) is 0 Å². The van der Waals surface area contributed by atoms with Gasteiger partial charge in [0.15, 0.2) is 0 Å². The summed E-state index contributed by atoms with van der Waals surface area (Å²) in [5.74, 6) is -2.51. The van der Waals surface area contributed by atoms with E-state index in [1.165, 1.54) is 39.1 Å². The number of carboxylic acid groups (broad SMARTS) is 2. The fourth-order valence-electron chi connectivity index (χ4n) is 1.39. The third kappa shape index (κ3) is 10.9. The molecule has 1 aliphatic heterocycles. The summed E-state index contributed by atoms with van der Waals surface area (Å²) in [4.78, 5) is 21.6. The number of hydrogen-bond acceptors (Lipinski definition) is 4. The molecule has 0 aromatic rings. The van der Waals surface area contributed by atoms with Crippen molar-refractivity contribution in [1.82, 2.24) is 10.2 Å². The zero-order valence-corrected chi connectivity index (χ0v) is 10.1. The monoisotopic (exact) mass is 244 g/mol. The van der Waals surface area contributed by atoms with Crippen LogP contribution in [0.1, 0.15) is 13.3 Å². The lowest BCUT2D eigenvalue weighted by Crippen LogP contribution is -2.43. The standard InChI is InChI=1S/C7H16N2.C4H4O4/c1-2-5-9-6-3-8-4-7-9;5-3(6)1-2-4(7)8/h8H,2-7H2,1H3;1-2H,(H,5,6)(H,7,8)/b;2-1+. The molecule has 1 heterocycles. The molecule has 1 saturated heterocycles. The Morgan fingerprint density at radius 1 is 1.18 bits per heavy atom. The predicted octanol–water partition coefficient (Wildman–Crippen LogP) is 0.0134. The first-order valence-corrected chi connectivity index (χ1v) is 5.63. The Kier molecular flexibility index (Phi) is 8.99. The zero-order valence-electron chi connectivity index (χ0n) is 10.1. The Balaban J connectivity index is 0.000000304. The number of nitrogens with one attached hydrogen (secondary N) is 1. The molecule has 1 rings (SSSR count). The summed E-state index contributed by atoms with van der Waals surface area (Å²) in [6.45, 7) is 8.37. The lowest BCUT2D eigenvalue weighted by Gasteiger charge is -2.26. The largest absolute Gasteiger partial charge is 0.478 e. The van der Waals surface area contributed by atoms with Crippen LogP contribution < -0.4 is 5.32 Å². The number of hydrogen-bond donors (Lipinski definition) is 3. The van der Waals surface area contributed by atoms with Crippen molar-refractivity contribution in [3.05, 3.63) is 12.2 Å².